The highest BCUT2D eigenvalue weighted by molar-refractivity contribution is 5.72. The molecule has 0 aliphatic rings. The van der Waals surface area contributed by atoms with E-state index in [0.29, 0.717) is 11.3 Å². The highest BCUT2D eigenvalue weighted by Crippen LogP contribution is 2.23. The van der Waals surface area contributed by atoms with E-state index in [1.54, 1.807) is 30.5 Å². The molecule has 2 aromatic rings. The fourth-order valence-corrected chi connectivity index (χ4v) is 1.39. The molecule has 72 valence electrons. The molecule has 15 heavy (non-hydrogen) atoms. The molecule has 1 aromatic carbocycles. The van der Waals surface area contributed by atoms with Gasteiger partial charge < -0.3 is 5.73 Å². The Labute approximate surface area is 87.8 Å². The highest BCUT2D eigenvalue weighted by atomic mass is 14.7. The predicted molar refractivity (Wildman–Crippen MR) is 58.8 cm³/mol. The van der Waals surface area contributed by atoms with Crippen molar-refractivity contribution in [2.24, 2.45) is 0 Å². The van der Waals surface area contributed by atoms with Crippen molar-refractivity contribution in [2.75, 3.05) is 5.73 Å². The van der Waals surface area contributed by atoms with Crippen LogP contribution in [0.25, 0.3) is 11.3 Å². The number of pyridine rings is 1. The second kappa shape index (κ2) is 3.81. The smallest absolute Gasteiger partial charge is 0.0991 e. The van der Waals surface area contributed by atoms with Crippen LogP contribution in [0, 0.1) is 11.3 Å². The van der Waals surface area contributed by atoms with E-state index in [0.717, 1.165) is 11.3 Å². The number of nitrogen functional groups attached to an aromatic ring is 1. The lowest BCUT2D eigenvalue weighted by molar-refractivity contribution is 1.33. The van der Waals surface area contributed by atoms with Gasteiger partial charge in [-0.2, -0.15) is 5.26 Å². The molecular weight excluding hydrogens is 186 g/mol. The second-order valence-corrected chi connectivity index (χ2v) is 3.13. The summed E-state index contributed by atoms with van der Waals surface area (Å²) in [6.45, 7) is 0. The molecule has 0 spiro atoms. The molecule has 0 aliphatic carbocycles. The molecule has 0 bridgehead atoms. The first-order chi connectivity index (χ1) is 7.31. The van der Waals surface area contributed by atoms with Crippen LogP contribution in [0.2, 0.25) is 0 Å². The van der Waals surface area contributed by atoms with Crippen LogP contribution in [0.15, 0.2) is 42.6 Å². The number of anilines is 1. The molecule has 0 fully saturated rings. The van der Waals surface area contributed by atoms with Crippen LogP contribution in [-0.4, -0.2) is 4.98 Å². The van der Waals surface area contributed by atoms with Gasteiger partial charge in [-0.05, 0) is 24.3 Å². The van der Waals surface area contributed by atoms with Crippen LogP contribution in [0.4, 0.5) is 5.69 Å². The molecule has 2 N–H and O–H groups in total. The van der Waals surface area contributed by atoms with E-state index in [1.165, 1.54) is 0 Å². The van der Waals surface area contributed by atoms with Crippen molar-refractivity contribution in [3.63, 3.8) is 0 Å². The molecule has 0 saturated heterocycles. The Bertz CT molecular complexity index is 526. The van der Waals surface area contributed by atoms with Gasteiger partial charge in [-0.25, -0.2) is 0 Å². The van der Waals surface area contributed by atoms with Gasteiger partial charge >= 0.3 is 0 Å². The zero-order chi connectivity index (χ0) is 10.7. The molecule has 0 amide bonds. The first kappa shape index (κ1) is 9.22. The van der Waals surface area contributed by atoms with Crippen LogP contribution in [-0.2, 0) is 0 Å². The van der Waals surface area contributed by atoms with Gasteiger partial charge in [0.1, 0.15) is 0 Å². The first-order valence-electron chi connectivity index (χ1n) is 4.52. The van der Waals surface area contributed by atoms with E-state index in [2.05, 4.69) is 11.1 Å². The van der Waals surface area contributed by atoms with Crippen LogP contribution < -0.4 is 5.73 Å². The summed E-state index contributed by atoms with van der Waals surface area (Å²) in [6, 6.07) is 12.9. The maximum atomic E-state index is 8.78. The summed E-state index contributed by atoms with van der Waals surface area (Å²) >= 11 is 0. The van der Waals surface area contributed by atoms with Crippen LogP contribution in [0.3, 0.4) is 0 Å². The monoisotopic (exact) mass is 195 g/mol. The van der Waals surface area contributed by atoms with Crippen molar-refractivity contribution in [3.05, 3.63) is 48.2 Å². The highest BCUT2D eigenvalue weighted by Gasteiger charge is 2.03. The van der Waals surface area contributed by atoms with Gasteiger partial charge in [0.15, 0.2) is 0 Å². The quantitative estimate of drug-likeness (QED) is 0.758. The molecule has 0 aliphatic heterocycles. The van der Waals surface area contributed by atoms with Gasteiger partial charge in [0.05, 0.1) is 23.0 Å². The number of nitriles is 1. The van der Waals surface area contributed by atoms with E-state index in [4.69, 9.17) is 11.0 Å². The zero-order valence-electron chi connectivity index (χ0n) is 8.01. The Morgan fingerprint density at radius 2 is 2.07 bits per heavy atom. The van der Waals surface area contributed by atoms with Gasteiger partial charge in [-0.1, -0.05) is 12.1 Å². The third-order valence-electron chi connectivity index (χ3n) is 2.10. The molecule has 2 rings (SSSR count). The second-order valence-electron chi connectivity index (χ2n) is 3.13. The van der Waals surface area contributed by atoms with Crippen molar-refractivity contribution in [3.8, 4) is 17.3 Å². The molecule has 0 unspecified atom stereocenters. The molecule has 0 saturated carbocycles. The average Bonchev–Trinajstić information content (AvgIpc) is 2.30. The predicted octanol–water partition coefficient (Wildman–Crippen LogP) is 2.20. The summed E-state index contributed by atoms with van der Waals surface area (Å²) in [4.78, 5) is 4.19. The third kappa shape index (κ3) is 1.79. The van der Waals surface area contributed by atoms with Crippen molar-refractivity contribution < 1.29 is 0 Å². The Morgan fingerprint density at radius 3 is 2.80 bits per heavy atom. The molecule has 0 radical (unpaired) electrons. The first-order valence-corrected chi connectivity index (χ1v) is 4.52. The van der Waals surface area contributed by atoms with E-state index >= 15 is 0 Å². The van der Waals surface area contributed by atoms with Gasteiger partial charge in [0, 0.05) is 11.8 Å². The summed E-state index contributed by atoms with van der Waals surface area (Å²) in [5, 5.41) is 8.78. The SMILES string of the molecule is N#Cc1cccc(-c2ncccc2N)c1. The largest absolute Gasteiger partial charge is 0.397 e. The van der Waals surface area contributed by atoms with Crippen molar-refractivity contribution in [2.45, 2.75) is 0 Å². The minimum absolute atomic E-state index is 0.609. The lowest BCUT2D eigenvalue weighted by Crippen LogP contribution is -1.92. The van der Waals surface area contributed by atoms with Crippen LogP contribution >= 0.6 is 0 Å². The standard InChI is InChI=1S/C12H9N3/c13-8-9-3-1-4-10(7-9)12-11(14)5-2-6-15-12/h1-7H,14H2. The third-order valence-corrected chi connectivity index (χ3v) is 2.10. The number of nitrogens with two attached hydrogens (primary N) is 1. The fourth-order valence-electron chi connectivity index (χ4n) is 1.39. The van der Waals surface area contributed by atoms with E-state index < -0.39 is 0 Å². The Balaban J connectivity index is 2.55. The zero-order valence-corrected chi connectivity index (χ0v) is 8.01. The topological polar surface area (TPSA) is 62.7 Å². The van der Waals surface area contributed by atoms with E-state index in [9.17, 15) is 0 Å². The molecule has 1 heterocycles. The van der Waals surface area contributed by atoms with Crippen LogP contribution in [0.1, 0.15) is 5.56 Å². The Hall–Kier alpha value is -2.34. The van der Waals surface area contributed by atoms with Gasteiger partial charge in [-0.3, -0.25) is 4.98 Å². The summed E-state index contributed by atoms with van der Waals surface area (Å²) in [5.74, 6) is 0. The lowest BCUT2D eigenvalue weighted by Gasteiger charge is -2.03. The number of hydrogen-bond acceptors (Lipinski definition) is 3. The average molecular weight is 195 g/mol. The summed E-state index contributed by atoms with van der Waals surface area (Å²) in [5.41, 5.74) is 8.61. The Morgan fingerprint density at radius 1 is 1.20 bits per heavy atom. The number of aromatic nitrogens is 1. The van der Waals surface area contributed by atoms with E-state index in [-0.39, 0.29) is 0 Å². The summed E-state index contributed by atoms with van der Waals surface area (Å²) < 4.78 is 0. The number of nitrogens with zero attached hydrogens (tertiary/aromatic N) is 2. The molecular formula is C12H9N3. The summed E-state index contributed by atoms with van der Waals surface area (Å²) in [7, 11) is 0. The number of hydrogen-bond donors (Lipinski definition) is 1. The fraction of sp³-hybridized carbons (Fsp3) is 0. The summed E-state index contributed by atoms with van der Waals surface area (Å²) in [6.07, 6.45) is 1.69. The van der Waals surface area contributed by atoms with Gasteiger partial charge in [0.25, 0.3) is 0 Å². The minimum atomic E-state index is 0.609. The molecule has 0 atom stereocenters. The molecule has 1 aromatic heterocycles. The molecule has 3 nitrogen and oxygen atoms in total. The van der Waals surface area contributed by atoms with Gasteiger partial charge in [-0.15, -0.1) is 0 Å². The minimum Gasteiger partial charge on any atom is -0.397 e. The van der Waals surface area contributed by atoms with Crippen molar-refractivity contribution in [1.82, 2.24) is 4.98 Å². The number of rotatable bonds is 1. The molecule has 3 heteroatoms. The maximum absolute atomic E-state index is 8.78. The Kier molecular flexibility index (Phi) is 2.34. The number of benzene rings is 1. The van der Waals surface area contributed by atoms with Crippen molar-refractivity contribution >= 4 is 5.69 Å². The van der Waals surface area contributed by atoms with E-state index in [1.807, 2.05) is 12.1 Å². The van der Waals surface area contributed by atoms with Crippen molar-refractivity contribution in [1.29, 1.82) is 5.26 Å². The normalized spacial score (nSPS) is 9.53. The van der Waals surface area contributed by atoms with Gasteiger partial charge in [0.2, 0.25) is 0 Å². The maximum Gasteiger partial charge on any atom is 0.0991 e. The van der Waals surface area contributed by atoms with Crippen LogP contribution in [0.5, 0.6) is 0 Å². The lowest BCUT2D eigenvalue weighted by atomic mass is 10.1.